The smallest absolute Gasteiger partial charge is 0.223 e. The summed E-state index contributed by atoms with van der Waals surface area (Å²) in [6.07, 6.45) is 4.56. The number of hydrogen-bond donors (Lipinski definition) is 1. The maximum atomic E-state index is 11.8. The van der Waals surface area contributed by atoms with Gasteiger partial charge in [0.1, 0.15) is 7.85 Å². The third-order valence-corrected chi connectivity index (χ3v) is 3.31. The molecule has 16 heavy (non-hydrogen) atoms. The van der Waals surface area contributed by atoms with Crippen molar-refractivity contribution in [2.45, 2.75) is 32.2 Å². The molecule has 1 N–H and O–H groups in total. The zero-order chi connectivity index (χ0) is 11.4. The molecule has 3 heteroatoms. The molecule has 0 heterocycles. The zero-order valence-corrected chi connectivity index (χ0v) is 9.83. The van der Waals surface area contributed by atoms with Crippen molar-refractivity contribution in [3.8, 4) is 0 Å². The molecule has 1 fully saturated rings. The zero-order valence-electron chi connectivity index (χ0n) is 9.83. The van der Waals surface area contributed by atoms with Gasteiger partial charge in [-0.25, -0.2) is 0 Å². The van der Waals surface area contributed by atoms with Crippen LogP contribution in [-0.2, 0) is 11.3 Å². The summed E-state index contributed by atoms with van der Waals surface area (Å²) in [4.78, 5) is 11.8. The first-order valence-corrected chi connectivity index (χ1v) is 6.09. The van der Waals surface area contributed by atoms with Crippen LogP contribution in [-0.4, -0.2) is 13.8 Å². The van der Waals surface area contributed by atoms with E-state index in [1.165, 1.54) is 23.9 Å². The molecule has 0 bridgehead atoms. The quantitative estimate of drug-likeness (QED) is 0.740. The monoisotopic (exact) mass is 215 g/mol. The molecular formula is C13H18BNO. The largest absolute Gasteiger partial charge is 0.352 e. The van der Waals surface area contributed by atoms with Crippen molar-refractivity contribution in [3.05, 3.63) is 29.8 Å². The number of hydrogen-bond acceptors (Lipinski definition) is 1. The van der Waals surface area contributed by atoms with E-state index in [1.807, 2.05) is 0 Å². The fraction of sp³-hybridized carbons (Fsp3) is 0.462. The van der Waals surface area contributed by atoms with Gasteiger partial charge < -0.3 is 5.32 Å². The van der Waals surface area contributed by atoms with E-state index in [-0.39, 0.29) is 11.8 Å². The minimum absolute atomic E-state index is 0.234. The molecule has 0 radical (unpaired) electrons. The highest BCUT2D eigenvalue weighted by Gasteiger charge is 2.21. The van der Waals surface area contributed by atoms with Gasteiger partial charge in [0.2, 0.25) is 5.91 Å². The lowest BCUT2D eigenvalue weighted by Crippen LogP contribution is -2.28. The number of carbonyl (C=O) groups excluding carboxylic acids is 1. The van der Waals surface area contributed by atoms with Crippen molar-refractivity contribution in [1.82, 2.24) is 5.32 Å². The Morgan fingerprint density at radius 3 is 2.50 bits per heavy atom. The second-order valence-electron chi connectivity index (χ2n) is 4.68. The lowest BCUT2D eigenvalue weighted by molar-refractivity contribution is -0.124. The lowest BCUT2D eigenvalue weighted by Gasteiger charge is -2.10. The number of benzene rings is 1. The molecule has 1 saturated carbocycles. The summed E-state index contributed by atoms with van der Waals surface area (Å²) in [5, 5.41) is 3.02. The number of amides is 1. The van der Waals surface area contributed by atoms with Crippen LogP contribution in [0.25, 0.3) is 0 Å². The van der Waals surface area contributed by atoms with Crippen LogP contribution in [0.15, 0.2) is 24.3 Å². The van der Waals surface area contributed by atoms with Crippen LogP contribution in [0.4, 0.5) is 0 Å². The molecule has 1 aromatic carbocycles. The van der Waals surface area contributed by atoms with Crippen molar-refractivity contribution in [2.75, 3.05) is 0 Å². The molecule has 1 aromatic rings. The van der Waals surface area contributed by atoms with E-state index in [0.717, 1.165) is 12.8 Å². The van der Waals surface area contributed by atoms with Gasteiger partial charge in [0.25, 0.3) is 0 Å². The fourth-order valence-corrected chi connectivity index (χ4v) is 2.23. The molecule has 0 aromatic heterocycles. The number of nitrogens with one attached hydrogen (secondary N) is 1. The number of rotatable bonds is 3. The van der Waals surface area contributed by atoms with E-state index in [0.29, 0.717) is 6.54 Å². The highest BCUT2D eigenvalue weighted by atomic mass is 16.1. The highest BCUT2D eigenvalue weighted by molar-refractivity contribution is 6.32. The third kappa shape index (κ3) is 2.88. The van der Waals surface area contributed by atoms with E-state index in [2.05, 4.69) is 37.4 Å². The van der Waals surface area contributed by atoms with Crippen LogP contribution in [0, 0.1) is 5.92 Å². The molecule has 0 spiro atoms. The van der Waals surface area contributed by atoms with Gasteiger partial charge in [-0.05, 0) is 18.4 Å². The second kappa shape index (κ2) is 5.19. The molecule has 2 rings (SSSR count). The predicted octanol–water partition coefficient (Wildman–Crippen LogP) is 0.751. The van der Waals surface area contributed by atoms with Gasteiger partial charge in [-0.2, -0.15) is 0 Å². The maximum Gasteiger partial charge on any atom is 0.223 e. The van der Waals surface area contributed by atoms with Gasteiger partial charge in [0.05, 0.1) is 0 Å². The van der Waals surface area contributed by atoms with Crippen LogP contribution < -0.4 is 10.8 Å². The minimum atomic E-state index is 0.234. The first kappa shape index (κ1) is 11.2. The summed E-state index contributed by atoms with van der Waals surface area (Å²) in [5.41, 5.74) is 2.43. The Kier molecular flexibility index (Phi) is 3.65. The minimum Gasteiger partial charge on any atom is -0.352 e. The van der Waals surface area contributed by atoms with Crippen LogP contribution in [0.1, 0.15) is 31.2 Å². The predicted molar refractivity (Wildman–Crippen MR) is 68.4 cm³/mol. The molecule has 0 unspecified atom stereocenters. The molecule has 0 atom stereocenters. The van der Waals surface area contributed by atoms with Crippen LogP contribution >= 0.6 is 0 Å². The van der Waals surface area contributed by atoms with Crippen molar-refractivity contribution < 1.29 is 4.79 Å². The van der Waals surface area contributed by atoms with E-state index < -0.39 is 0 Å². The summed E-state index contributed by atoms with van der Waals surface area (Å²) in [5.74, 6) is 0.503. The molecule has 2 nitrogen and oxygen atoms in total. The van der Waals surface area contributed by atoms with Gasteiger partial charge in [-0.15, -0.1) is 0 Å². The molecular weight excluding hydrogens is 197 g/mol. The van der Waals surface area contributed by atoms with E-state index in [9.17, 15) is 4.79 Å². The Morgan fingerprint density at radius 2 is 1.88 bits per heavy atom. The van der Waals surface area contributed by atoms with Crippen molar-refractivity contribution in [2.24, 2.45) is 5.92 Å². The first-order chi connectivity index (χ1) is 7.75. The first-order valence-electron chi connectivity index (χ1n) is 6.09. The number of carbonyl (C=O) groups is 1. The average molecular weight is 215 g/mol. The normalized spacial score (nSPS) is 16.2. The molecule has 1 aliphatic carbocycles. The van der Waals surface area contributed by atoms with Gasteiger partial charge in [-0.1, -0.05) is 42.6 Å². The topological polar surface area (TPSA) is 29.1 Å². The Hall–Kier alpha value is -1.25. The van der Waals surface area contributed by atoms with Gasteiger partial charge in [0, 0.05) is 12.5 Å². The van der Waals surface area contributed by atoms with Crippen LogP contribution in [0.3, 0.4) is 0 Å². The summed E-state index contributed by atoms with van der Waals surface area (Å²) in [6, 6.07) is 8.31. The van der Waals surface area contributed by atoms with E-state index >= 15 is 0 Å². The van der Waals surface area contributed by atoms with Crippen LogP contribution in [0.5, 0.6) is 0 Å². The molecule has 0 aliphatic heterocycles. The van der Waals surface area contributed by atoms with Gasteiger partial charge >= 0.3 is 0 Å². The Labute approximate surface area is 97.8 Å². The highest BCUT2D eigenvalue weighted by Crippen LogP contribution is 2.24. The summed E-state index contributed by atoms with van der Waals surface area (Å²) < 4.78 is 0. The Balaban J connectivity index is 1.82. The summed E-state index contributed by atoms with van der Waals surface area (Å²) in [7, 11) is 2.07. The summed E-state index contributed by atoms with van der Waals surface area (Å²) in [6.45, 7) is 0.662. The third-order valence-electron chi connectivity index (χ3n) is 3.31. The van der Waals surface area contributed by atoms with Crippen molar-refractivity contribution >= 4 is 19.2 Å². The Morgan fingerprint density at radius 1 is 1.25 bits per heavy atom. The average Bonchev–Trinajstić information content (AvgIpc) is 2.81. The second-order valence-corrected chi connectivity index (χ2v) is 4.68. The molecule has 0 saturated heterocycles. The van der Waals surface area contributed by atoms with E-state index in [4.69, 9.17) is 0 Å². The fourth-order valence-electron chi connectivity index (χ4n) is 2.23. The van der Waals surface area contributed by atoms with Crippen LogP contribution in [0.2, 0.25) is 0 Å². The van der Waals surface area contributed by atoms with Gasteiger partial charge in [-0.3, -0.25) is 4.79 Å². The van der Waals surface area contributed by atoms with Crippen molar-refractivity contribution in [3.63, 3.8) is 0 Å². The molecule has 84 valence electrons. The maximum absolute atomic E-state index is 11.8. The lowest BCUT2D eigenvalue weighted by atomic mass is 9.95. The standard InChI is InChI=1S/C13H18BNO/c14-12-7-5-10(6-8-12)9-15-13(16)11-3-1-2-4-11/h5-8,11H,1-4,9,14H2,(H,15,16). The van der Waals surface area contributed by atoms with E-state index in [1.54, 1.807) is 0 Å². The van der Waals surface area contributed by atoms with Crippen molar-refractivity contribution in [1.29, 1.82) is 0 Å². The summed E-state index contributed by atoms with van der Waals surface area (Å²) >= 11 is 0. The Bertz CT molecular complexity index is 355. The SMILES string of the molecule is Bc1ccc(CNC(=O)C2CCCC2)cc1. The molecule has 1 amide bonds. The molecule has 1 aliphatic rings. The van der Waals surface area contributed by atoms with Gasteiger partial charge in [0.15, 0.2) is 0 Å².